The molecule has 5 nitrogen and oxygen atoms in total. The first kappa shape index (κ1) is 18.9. The Morgan fingerprint density at radius 2 is 1.61 bits per heavy atom. The fourth-order valence-corrected chi connectivity index (χ4v) is 1.91. The van der Waals surface area contributed by atoms with Crippen LogP contribution in [0.25, 0.3) is 0 Å². The number of unbranched alkanes of at least 4 members (excludes halogenated alkanes) is 3. The summed E-state index contributed by atoms with van der Waals surface area (Å²) in [7, 11) is 0. The number of benzene rings is 1. The zero-order valence-electron chi connectivity index (χ0n) is 13.6. The lowest BCUT2D eigenvalue weighted by Crippen LogP contribution is -2.08. The van der Waals surface area contributed by atoms with Gasteiger partial charge in [0.2, 0.25) is 0 Å². The van der Waals surface area contributed by atoms with E-state index < -0.39 is 0 Å². The Morgan fingerprint density at radius 1 is 0.957 bits per heavy atom. The number of carbonyl (C=O) groups excluding carboxylic acids is 3. The van der Waals surface area contributed by atoms with Gasteiger partial charge in [-0.25, -0.2) is 0 Å². The maximum atomic E-state index is 11.7. The Morgan fingerprint density at radius 3 is 2.22 bits per heavy atom. The molecule has 0 radical (unpaired) electrons. The van der Waals surface area contributed by atoms with Gasteiger partial charge in [-0.15, -0.1) is 0 Å². The topological polar surface area (TPSA) is 69.7 Å². The first-order valence-electron chi connectivity index (χ1n) is 8.07. The molecule has 0 bridgehead atoms. The van der Waals surface area contributed by atoms with Gasteiger partial charge < -0.3 is 9.47 Å². The Labute approximate surface area is 137 Å². The Hall–Kier alpha value is -2.17. The maximum Gasteiger partial charge on any atom is 0.311 e. The summed E-state index contributed by atoms with van der Waals surface area (Å²) < 4.78 is 10.2. The van der Waals surface area contributed by atoms with Crippen LogP contribution in [0.15, 0.2) is 24.3 Å². The summed E-state index contributed by atoms with van der Waals surface area (Å²) in [6.45, 7) is 2.54. The normalized spacial score (nSPS) is 10.1. The zero-order valence-corrected chi connectivity index (χ0v) is 13.6. The molecule has 23 heavy (non-hydrogen) atoms. The Balaban J connectivity index is 2.09. The minimum atomic E-state index is -0.311. The van der Waals surface area contributed by atoms with Crippen LogP contribution in [0.3, 0.4) is 0 Å². The van der Waals surface area contributed by atoms with E-state index in [0.717, 1.165) is 25.5 Å². The summed E-state index contributed by atoms with van der Waals surface area (Å²) in [6, 6.07) is 6.38. The summed E-state index contributed by atoms with van der Waals surface area (Å²) in [4.78, 5) is 33.5. The van der Waals surface area contributed by atoms with Gasteiger partial charge in [0.1, 0.15) is 12.0 Å². The van der Waals surface area contributed by atoms with Crippen molar-refractivity contribution in [1.29, 1.82) is 0 Å². The van der Waals surface area contributed by atoms with Crippen molar-refractivity contribution in [2.24, 2.45) is 0 Å². The zero-order chi connectivity index (χ0) is 16.9. The predicted molar refractivity (Wildman–Crippen MR) is 86.4 cm³/mol. The highest BCUT2D eigenvalue weighted by atomic mass is 16.5. The molecular formula is C18H24O5. The van der Waals surface area contributed by atoms with Crippen LogP contribution < -0.4 is 4.74 Å². The minimum Gasteiger partial charge on any atom is -0.466 e. The van der Waals surface area contributed by atoms with Crippen molar-refractivity contribution in [1.82, 2.24) is 0 Å². The largest absolute Gasteiger partial charge is 0.466 e. The van der Waals surface area contributed by atoms with Crippen LogP contribution in [0.1, 0.15) is 62.2 Å². The van der Waals surface area contributed by atoms with E-state index in [-0.39, 0.29) is 11.9 Å². The third kappa shape index (κ3) is 8.76. The number of hydrogen-bond acceptors (Lipinski definition) is 5. The van der Waals surface area contributed by atoms with Crippen LogP contribution in [-0.4, -0.2) is 24.8 Å². The van der Waals surface area contributed by atoms with E-state index in [1.165, 1.54) is 0 Å². The first-order valence-corrected chi connectivity index (χ1v) is 8.07. The molecule has 0 aliphatic carbocycles. The van der Waals surface area contributed by atoms with E-state index in [4.69, 9.17) is 9.47 Å². The fourth-order valence-electron chi connectivity index (χ4n) is 1.91. The highest BCUT2D eigenvalue weighted by Crippen LogP contribution is 2.13. The second kappa shape index (κ2) is 11.4. The van der Waals surface area contributed by atoms with Crippen molar-refractivity contribution in [2.45, 2.75) is 51.9 Å². The summed E-state index contributed by atoms with van der Waals surface area (Å²) in [5.41, 5.74) is 0.538. The molecule has 0 saturated heterocycles. The highest BCUT2D eigenvalue weighted by molar-refractivity contribution is 5.76. The Bertz CT molecular complexity index is 493. The lowest BCUT2D eigenvalue weighted by atomic mass is 10.1. The molecule has 0 fully saturated rings. The predicted octanol–water partition coefficient (Wildman–Crippen LogP) is 3.70. The van der Waals surface area contributed by atoms with E-state index in [2.05, 4.69) is 0 Å². The van der Waals surface area contributed by atoms with E-state index >= 15 is 0 Å². The van der Waals surface area contributed by atoms with Gasteiger partial charge in [-0.05, 0) is 43.5 Å². The maximum absolute atomic E-state index is 11.7. The third-order valence-electron chi connectivity index (χ3n) is 3.27. The average Bonchev–Trinajstić information content (AvgIpc) is 2.55. The smallest absolute Gasteiger partial charge is 0.311 e. The number of hydrogen-bond donors (Lipinski definition) is 0. The van der Waals surface area contributed by atoms with Gasteiger partial charge in [-0.3, -0.25) is 14.4 Å². The molecule has 1 rings (SSSR count). The van der Waals surface area contributed by atoms with Gasteiger partial charge in [0.15, 0.2) is 0 Å². The molecule has 5 heteroatoms. The highest BCUT2D eigenvalue weighted by Gasteiger charge is 2.06. The summed E-state index contributed by atoms with van der Waals surface area (Å²) in [5.74, 6) is -0.0502. The van der Waals surface area contributed by atoms with Crippen molar-refractivity contribution < 1.29 is 23.9 Å². The van der Waals surface area contributed by atoms with Crippen molar-refractivity contribution in [3.63, 3.8) is 0 Å². The van der Waals surface area contributed by atoms with Crippen LogP contribution in [-0.2, 0) is 14.3 Å². The molecule has 0 aromatic heterocycles. The van der Waals surface area contributed by atoms with Crippen LogP contribution in [0.5, 0.6) is 5.75 Å². The molecule has 0 aliphatic heterocycles. The first-order chi connectivity index (χ1) is 11.2. The van der Waals surface area contributed by atoms with Crippen molar-refractivity contribution in [2.75, 3.05) is 6.61 Å². The lowest BCUT2D eigenvalue weighted by Gasteiger charge is -2.05. The van der Waals surface area contributed by atoms with Crippen LogP contribution >= 0.6 is 0 Å². The molecule has 0 spiro atoms. The van der Waals surface area contributed by atoms with Crippen LogP contribution in [0.4, 0.5) is 0 Å². The van der Waals surface area contributed by atoms with Gasteiger partial charge in [0, 0.05) is 18.4 Å². The minimum absolute atomic E-state index is 0.170. The molecular weight excluding hydrogens is 296 g/mol. The molecule has 1 aromatic carbocycles. The van der Waals surface area contributed by atoms with Crippen molar-refractivity contribution in [3.8, 4) is 5.75 Å². The van der Waals surface area contributed by atoms with E-state index in [0.29, 0.717) is 43.6 Å². The quantitative estimate of drug-likeness (QED) is 0.269. The van der Waals surface area contributed by atoms with Gasteiger partial charge in [0.05, 0.1) is 6.61 Å². The van der Waals surface area contributed by atoms with Crippen LogP contribution in [0.2, 0.25) is 0 Å². The second-order valence-corrected chi connectivity index (χ2v) is 5.30. The van der Waals surface area contributed by atoms with E-state index in [9.17, 15) is 14.4 Å². The number of esters is 2. The average molecular weight is 320 g/mol. The molecule has 1 aromatic rings. The van der Waals surface area contributed by atoms with Gasteiger partial charge in [0.25, 0.3) is 0 Å². The number of ether oxygens (including phenoxy) is 2. The summed E-state index contributed by atoms with van der Waals surface area (Å²) >= 11 is 0. The van der Waals surface area contributed by atoms with Gasteiger partial charge in [-0.1, -0.05) is 19.8 Å². The molecule has 0 aliphatic rings. The summed E-state index contributed by atoms with van der Waals surface area (Å²) in [6.07, 6.45) is 5.51. The van der Waals surface area contributed by atoms with E-state index in [1.807, 2.05) is 6.92 Å². The standard InChI is InChI=1S/C18H24O5/c1-2-3-13-22-17(20)7-5-4-6-8-18(21)23-16-11-9-15(14-19)10-12-16/h9-12,14H,2-8,13H2,1H3. The number of aldehydes is 1. The van der Waals surface area contributed by atoms with Crippen molar-refractivity contribution in [3.05, 3.63) is 29.8 Å². The van der Waals surface area contributed by atoms with Crippen LogP contribution in [0, 0.1) is 0 Å². The van der Waals surface area contributed by atoms with Crippen molar-refractivity contribution >= 4 is 18.2 Å². The molecule has 0 atom stereocenters. The number of carbonyl (C=O) groups is 3. The summed E-state index contributed by atoms with van der Waals surface area (Å²) in [5, 5.41) is 0. The lowest BCUT2D eigenvalue weighted by molar-refractivity contribution is -0.143. The second-order valence-electron chi connectivity index (χ2n) is 5.30. The SMILES string of the molecule is CCCCOC(=O)CCCCCC(=O)Oc1ccc(C=O)cc1. The fraction of sp³-hybridized carbons (Fsp3) is 0.500. The van der Waals surface area contributed by atoms with Gasteiger partial charge in [-0.2, -0.15) is 0 Å². The molecule has 0 N–H and O–H groups in total. The molecule has 0 heterocycles. The van der Waals surface area contributed by atoms with Gasteiger partial charge >= 0.3 is 11.9 Å². The molecule has 0 unspecified atom stereocenters. The molecule has 0 amide bonds. The molecule has 0 saturated carbocycles. The third-order valence-corrected chi connectivity index (χ3v) is 3.27. The monoisotopic (exact) mass is 320 g/mol. The molecule has 126 valence electrons. The Kier molecular flexibility index (Phi) is 9.36. The van der Waals surface area contributed by atoms with E-state index in [1.54, 1.807) is 24.3 Å². The number of rotatable bonds is 11.